The molecule has 6 atom stereocenters. The quantitative estimate of drug-likeness (QED) is 0.0442. The fourth-order valence-electron chi connectivity index (χ4n) is 5.69. The second kappa shape index (κ2) is 23.1. The monoisotopic (exact) mass is 794 g/mol. The number of carbonyl (C=O) groups excluding carboxylic acids is 6. The fraction of sp³-hybridized carbons (Fsp3) is 0.559. The number of phenolic OH excluding ortho intramolecular Hbond substituents is 1. The topological polar surface area (TPSA) is 370 Å². The third-order valence-corrected chi connectivity index (χ3v) is 8.66. The number of benzene rings is 1. The van der Waals surface area contributed by atoms with E-state index in [4.69, 9.17) is 11.5 Å². The highest BCUT2D eigenvalue weighted by atomic mass is 16.4. The zero-order valence-corrected chi connectivity index (χ0v) is 30.5. The first-order valence-electron chi connectivity index (χ1n) is 17.8. The number of aliphatic carboxylic acids is 3. The van der Waals surface area contributed by atoms with Crippen LogP contribution in [0.2, 0.25) is 0 Å². The SMILES string of the molecule is NCCCC[C@H](NC(=O)[C@H](CO)NC(=O)CNC(=O)[C@@H](N)Cc1ccc(O)cc1)C(=O)N[C@@H](CCC(=O)O)C(=O)N[C@@H](CC(=O)O)C(=O)N1CCC[C@H]1C(=O)O. The molecule has 0 bridgehead atoms. The number of aliphatic hydroxyl groups excluding tert-OH is 1. The van der Waals surface area contributed by atoms with Gasteiger partial charge in [0.15, 0.2) is 0 Å². The fourth-order valence-corrected chi connectivity index (χ4v) is 5.69. The van der Waals surface area contributed by atoms with E-state index in [1.54, 1.807) is 12.1 Å². The number of aliphatic hydroxyl groups is 1. The van der Waals surface area contributed by atoms with Crippen molar-refractivity contribution in [2.24, 2.45) is 11.5 Å². The molecule has 0 aromatic heterocycles. The summed E-state index contributed by atoms with van der Waals surface area (Å²) in [7, 11) is 0. The number of carboxylic acids is 3. The maximum atomic E-state index is 13.5. The van der Waals surface area contributed by atoms with Crippen LogP contribution in [0.25, 0.3) is 0 Å². The molecular formula is C34H50N8O14. The number of nitrogens with one attached hydrogen (secondary N) is 5. The van der Waals surface area contributed by atoms with Crippen LogP contribution in [-0.2, 0) is 49.6 Å². The average Bonchev–Trinajstić information content (AvgIpc) is 3.64. The van der Waals surface area contributed by atoms with Gasteiger partial charge in [-0.15, -0.1) is 0 Å². The lowest BCUT2D eigenvalue weighted by molar-refractivity contribution is -0.150. The van der Waals surface area contributed by atoms with E-state index in [0.717, 1.165) is 4.90 Å². The van der Waals surface area contributed by atoms with Gasteiger partial charge in [-0.25, -0.2) is 4.79 Å². The number of aromatic hydroxyl groups is 1. The molecule has 0 spiro atoms. The van der Waals surface area contributed by atoms with Gasteiger partial charge in [0, 0.05) is 13.0 Å². The molecule has 1 aliphatic heterocycles. The van der Waals surface area contributed by atoms with Crippen molar-refractivity contribution < 1.29 is 68.7 Å². The summed E-state index contributed by atoms with van der Waals surface area (Å²) in [6.45, 7) is -1.42. The van der Waals surface area contributed by atoms with E-state index >= 15 is 0 Å². The van der Waals surface area contributed by atoms with Gasteiger partial charge in [0.1, 0.15) is 36.0 Å². The summed E-state index contributed by atoms with van der Waals surface area (Å²) in [4.78, 5) is 114. The van der Waals surface area contributed by atoms with Gasteiger partial charge in [-0.05, 0) is 69.2 Å². The first-order valence-corrected chi connectivity index (χ1v) is 17.8. The number of hydrogen-bond acceptors (Lipinski definition) is 13. The number of hydrogen-bond donors (Lipinski definition) is 12. The lowest BCUT2D eigenvalue weighted by atomic mass is 10.0. The Kier molecular flexibility index (Phi) is 19.1. The minimum atomic E-state index is -1.78. The highest BCUT2D eigenvalue weighted by Gasteiger charge is 2.39. The molecule has 22 heteroatoms. The molecule has 1 fully saturated rings. The van der Waals surface area contributed by atoms with Crippen molar-refractivity contribution in [3.05, 3.63) is 29.8 Å². The number of unbranched alkanes of at least 4 members (excludes halogenated alkanes) is 1. The molecule has 1 aliphatic rings. The van der Waals surface area contributed by atoms with Crippen molar-refractivity contribution in [1.82, 2.24) is 31.5 Å². The Balaban J connectivity index is 2.14. The minimum Gasteiger partial charge on any atom is -0.508 e. The van der Waals surface area contributed by atoms with Gasteiger partial charge in [0.25, 0.3) is 0 Å². The molecule has 1 heterocycles. The van der Waals surface area contributed by atoms with Gasteiger partial charge in [-0.1, -0.05) is 12.1 Å². The second-order valence-electron chi connectivity index (χ2n) is 13.0. The molecule has 0 aliphatic carbocycles. The zero-order chi connectivity index (χ0) is 41.9. The molecule has 1 saturated heterocycles. The minimum absolute atomic E-state index is 0.0191. The average molecular weight is 795 g/mol. The largest absolute Gasteiger partial charge is 0.508 e. The molecule has 0 radical (unpaired) electrons. The summed E-state index contributed by atoms with van der Waals surface area (Å²) in [5.74, 6) is -10.1. The summed E-state index contributed by atoms with van der Waals surface area (Å²) >= 11 is 0. The Morgan fingerprint density at radius 1 is 0.768 bits per heavy atom. The van der Waals surface area contributed by atoms with Crippen molar-refractivity contribution in [1.29, 1.82) is 0 Å². The number of phenols is 1. The molecule has 1 aromatic rings. The Morgan fingerprint density at radius 2 is 1.36 bits per heavy atom. The second-order valence-corrected chi connectivity index (χ2v) is 13.0. The first kappa shape index (κ1) is 46.3. The third-order valence-electron chi connectivity index (χ3n) is 8.66. The van der Waals surface area contributed by atoms with Gasteiger partial charge >= 0.3 is 17.9 Å². The molecule has 0 saturated carbocycles. The van der Waals surface area contributed by atoms with E-state index in [1.165, 1.54) is 12.1 Å². The van der Waals surface area contributed by atoms with Gasteiger partial charge in [-0.2, -0.15) is 0 Å². The van der Waals surface area contributed by atoms with E-state index in [0.29, 0.717) is 18.4 Å². The van der Waals surface area contributed by atoms with Crippen LogP contribution in [-0.4, -0.2) is 146 Å². The highest BCUT2D eigenvalue weighted by Crippen LogP contribution is 2.19. The smallest absolute Gasteiger partial charge is 0.326 e. The van der Waals surface area contributed by atoms with Crippen LogP contribution in [0.3, 0.4) is 0 Å². The van der Waals surface area contributed by atoms with E-state index in [-0.39, 0.29) is 44.5 Å². The third kappa shape index (κ3) is 15.5. The highest BCUT2D eigenvalue weighted by molar-refractivity contribution is 5.97. The summed E-state index contributed by atoms with van der Waals surface area (Å²) in [6, 6.07) is -2.95. The summed E-state index contributed by atoms with van der Waals surface area (Å²) in [6.07, 6.45) is -1.17. The number of nitrogens with zero attached hydrogens (tertiary/aromatic N) is 1. The molecule has 2 rings (SSSR count). The van der Waals surface area contributed by atoms with Gasteiger partial charge < -0.3 is 68.5 Å². The van der Waals surface area contributed by atoms with Crippen LogP contribution in [0.1, 0.15) is 56.9 Å². The lowest BCUT2D eigenvalue weighted by Crippen LogP contribution is -2.59. The standard InChI is InChI=1S/C34H50N8O14/c35-12-2-1-4-21(39-32(53)24(17-43)38-26(45)16-37-29(50)20(36)14-18-6-8-19(44)9-7-18)30(51)40-22(10-11-27(46)47)31(52)41-23(15-28(48)49)33(54)42-13-3-5-25(42)34(55)56/h6-9,20-25,43-44H,1-5,10-17,35-36H2,(H,37,50)(H,38,45)(H,39,53)(H,40,51)(H,41,52)(H,46,47)(H,48,49)(H,55,56)/t20-,21-,22-,23-,24-,25-/m0/s1. The number of nitrogens with two attached hydrogens (primary N) is 2. The molecule has 310 valence electrons. The van der Waals surface area contributed by atoms with Crippen LogP contribution in [0.4, 0.5) is 0 Å². The van der Waals surface area contributed by atoms with Crippen LogP contribution in [0.15, 0.2) is 24.3 Å². The molecule has 6 amide bonds. The molecule has 14 N–H and O–H groups in total. The Hall–Kier alpha value is -5.87. The van der Waals surface area contributed by atoms with Crippen molar-refractivity contribution >= 4 is 53.4 Å². The van der Waals surface area contributed by atoms with E-state index in [1.807, 2.05) is 0 Å². The lowest BCUT2D eigenvalue weighted by Gasteiger charge is -2.28. The Labute approximate surface area is 320 Å². The number of amides is 6. The number of rotatable bonds is 24. The van der Waals surface area contributed by atoms with Gasteiger partial charge in [-0.3, -0.25) is 38.4 Å². The van der Waals surface area contributed by atoms with Crippen molar-refractivity contribution in [3.63, 3.8) is 0 Å². The summed E-state index contributed by atoms with van der Waals surface area (Å²) in [5, 5.41) is 58.9. The van der Waals surface area contributed by atoms with Crippen LogP contribution in [0.5, 0.6) is 5.75 Å². The van der Waals surface area contributed by atoms with Gasteiger partial charge in [0.2, 0.25) is 35.4 Å². The molecule has 56 heavy (non-hydrogen) atoms. The summed E-state index contributed by atoms with van der Waals surface area (Å²) < 4.78 is 0. The Bertz CT molecular complexity index is 1580. The van der Waals surface area contributed by atoms with E-state index in [2.05, 4.69) is 26.6 Å². The van der Waals surface area contributed by atoms with Crippen molar-refractivity contribution in [3.8, 4) is 5.75 Å². The van der Waals surface area contributed by atoms with Crippen LogP contribution in [0, 0.1) is 0 Å². The normalized spacial score (nSPS) is 16.3. The Morgan fingerprint density at radius 3 is 1.91 bits per heavy atom. The van der Waals surface area contributed by atoms with Crippen LogP contribution >= 0.6 is 0 Å². The predicted molar refractivity (Wildman–Crippen MR) is 192 cm³/mol. The predicted octanol–water partition coefficient (Wildman–Crippen LogP) is -4.15. The number of likely N-dealkylation sites (tertiary alicyclic amines) is 1. The van der Waals surface area contributed by atoms with E-state index < -0.39 is 122 Å². The summed E-state index contributed by atoms with van der Waals surface area (Å²) in [5.41, 5.74) is 12.1. The van der Waals surface area contributed by atoms with Crippen molar-refractivity contribution in [2.75, 3.05) is 26.2 Å². The number of carboxylic acid groups (broad SMARTS) is 3. The molecular weight excluding hydrogens is 744 g/mol. The molecule has 1 aromatic carbocycles. The van der Waals surface area contributed by atoms with Crippen LogP contribution < -0.4 is 38.1 Å². The maximum Gasteiger partial charge on any atom is 0.326 e. The maximum absolute atomic E-state index is 13.5. The zero-order valence-electron chi connectivity index (χ0n) is 30.5. The van der Waals surface area contributed by atoms with Gasteiger partial charge in [0.05, 0.1) is 25.6 Å². The first-order chi connectivity index (χ1) is 26.5. The molecule has 0 unspecified atom stereocenters. The van der Waals surface area contributed by atoms with E-state index in [9.17, 15) is 68.7 Å². The number of carbonyl (C=O) groups is 9. The van der Waals surface area contributed by atoms with Crippen molar-refractivity contribution in [2.45, 2.75) is 94.0 Å². The molecule has 22 nitrogen and oxygen atoms in total.